The van der Waals surface area contributed by atoms with E-state index in [0.717, 1.165) is 57.3 Å². The number of carbonyl (C=O) groups is 2. The van der Waals surface area contributed by atoms with Crippen molar-refractivity contribution in [3.63, 3.8) is 0 Å². The SMILES string of the molecule is CCCCC(c1ccc(C(=O)NCCC(=O)O)cc1)C(c1ccc(Cl)cc1)c1csc2c(-c3ccn[nH]3)cc(F)cc12. The number of hydrogen-bond acceptors (Lipinski definition) is 4. The second-order valence-electron chi connectivity index (χ2n) is 10.3. The summed E-state index contributed by atoms with van der Waals surface area (Å²) in [6, 6.07) is 20.4. The normalized spacial score (nSPS) is 12.7. The van der Waals surface area contributed by atoms with Crippen molar-refractivity contribution >= 4 is 44.9 Å². The molecule has 0 saturated heterocycles. The van der Waals surface area contributed by atoms with Gasteiger partial charge in [0.25, 0.3) is 5.91 Å². The number of halogens is 2. The van der Waals surface area contributed by atoms with Crippen LogP contribution >= 0.6 is 22.9 Å². The van der Waals surface area contributed by atoms with Gasteiger partial charge in [-0.1, -0.05) is 55.6 Å². The Bertz CT molecular complexity index is 1670. The smallest absolute Gasteiger partial charge is 0.305 e. The van der Waals surface area contributed by atoms with Crippen LogP contribution in [0.4, 0.5) is 4.39 Å². The molecule has 42 heavy (non-hydrogen) atoms. The van der Waals surface area contributed by atoms with E-state index in [9.17, 15) is 9.59 Å². The highest BCUT2D eigenvalue weighted by Crippen LogP contribution is 2.47. The van der Waals surface area contributed by atoms with Gasteiger partial charge in [-0.05, 0) is 82.3 Å². The molecule has 2 heterocycles. The number of aromatic nitrogens is 2. The van der Waals surface area contributed by atoms with Crippen LogP contribution in [0.2, 0.25) is 5.02 Å². The maximum absolute atomic E-state index is 15.1. The van der Waals surface area contributed by atoms with Crippen LogP contribution in [0.3, 0.4) is 0 Å². The maximum atomic E-state index is 15.1. The summed E-state index contributed by atoms with van der Waals surface area (Å²) in [4.78, 5) is 23.4. The molecule has 0 aliphatic heterocycles. The summed E-state index contributed by atoms with van der Waals surface area (Å²) < 4.78 is 16.1. The fourth-order valence-corrected chi connectivity index (χ4v) is 6.73. The van der Waals surface area contributed by atoms with E-state index in [4.69, 9.17) is 16.7 Å². The summed E-state index contributed by atoms with van der Waals surface area (Å²) in [6.45, 7) is 2.22. The van der Waals surface area contributed by atoms with E-state index < -0.39 is 5.97 Å². The van der Waals surface area contributed by atoms with E-state index in [0.29, 0.717) is 10.6 Å². The van der Waals surface area contributed by atoms with Gasteiger partial charge in [-0.15, -0.1) is 11.3 Å². The highest BCUT2D eigenvalue weighted by Gasteiger charge is 2.29. The van der Waals surface area contributed by atoms with Gasteiger partial charge in [0.15, 0.2) is 0 Å². The molecule has 0 saturated carbocycles. The molecule has 0 aliphatic carbocycles. The second-order valence-corrected chi connectivity index (χ2v) is 11.6. The van der Waals surface area contributed by atoms with E-state index in [1.807, 2.05) is 42.5 Å². The average molecular weight is 604 g/mol. The number of fused-ring (bicyclic) bond motifs is 1. The molecule has 2 aromatic heterocycles. The van der Waals surface area contributed by atoms with Gasteiger partial charge in [0.1, 0.15) is 5.82 Å². The van der Waals surface area contributed by atoms with E-state index >= 15 is 4.39 Å². The van der Waals surface area contributed by atoms with Crippen molar-refractivity contribution in [2.75, 3.05) is 6.54 Å². The Labute approximate surface area is 252 Å². The fraction of sp³-hybridized carbons (Fsp3) is 0.242. The molecule has 0 bridgehead atoms. The molecule has 3 N–H and O–H groups in total. The first kappa shape index (κ1) is 29.5. The van der Waals surface area contributed by atoms with E-state index in [2.05, 4.69) is 27.8 Å². The molecule has 0 spiro atoms. The number of thiophene rings is 1. The monoisotopic (exact) mass is 603 g/mol. The molecule has 0 fully saturated rings. The van der Waals surface area contributed by atoms with Crippen molar-refractivity contribution in [3.8, 4) is 11.3 Å². The number of rotatable bonds is 12. The lowest BCUT2D eigenvalue weighted by atomic mass is 9.74. The van der Waals surface area contributed by atoms with Crippen molar-refractivity contribution < 1.29 is 19.1 Å². The van der Waals surface area contributed by atoms with Gasteiger partial charge in [-0.2, -0.15) is 5.10 Å². The Morgan fingerprint density at radius 2 is 1.81 bits per heavy atom. The molecule has 0 radical (unpaired) electrons. The second kappa shape index (κ2) is 13.3. The predicted molar refractivity (Wildman–Crippen MR) is 166 cm³/mol. The molecule has 3 aromatic carbocycles. The number of aliphatic carboxylic acids is 1. The number of nitrogens with zero attached hydrogens (tertiary/aromatic N) is 1. The molecule has 5 aromatic rings. The quantitative estimate of drug-likeness (QED) is 0.133. The maximum Gasteiger partial charge on any atom is 0.305 e. The molecule has 2 unspecified atom stereocenters. The van der Waals surface area contributed by atoms with Crippen molar-refractivity contribution in [2.24, 2.45) is 0 Å². The number of aromatic amines is 1. The van der Waals surface area contributed by atoms with Crippen LogP contribution in [0.25, 0.3) is 21.3 Å². The highest BCUT2D eigenvalue weighted by molar-refractivity contribution is 7.18. The summed E-state index contributed by atoms with van der Waals surface area (Å²) >= 11 is 7.88. The number of carboxylic acid groups (broad SMARTS) is 1. The van der Waals surface area contributed by atoms with E-state index in [1.165, 1.54) is 0 Å². The third kappa shape index (κ3) is 6.55. The molecular weight excluding hydrogens is 573 g/mol. The van der Waals surface area contributed by atoms with Gasteiger partial charge in [0.2, 0.25) is 0 Å². The van der Waals surface area contributed by atoms with Gasteiger partial charge in [0, 0.05) is 39.5 Å². The van der Waals surface area contributed by atoms with Gasteiger partial charge in [0.05, 0.1) is 12.1 Å². The summed E-state index contributed by atoms with van der Waals surface area (Å²) in [6.07, 6.45) is 4.41. The lowest BCUT2D eigenvalue weighted by molar-refractivity contribution is -0.136. The molecule has 216 valence electrons. The van der Waals surface area contributed by atoms with Crippen LogP contribution < -0.4 is 5.32 Å². The number of nitrogens with one attached hydrogen (secondary N) is 2. The van der Waals surface area contributed by atoms with E-state index in [-0.39, 0.29) is 36.5 Å². The zero-order chi connectivity index (χ0) is 29.6. The summed E-state index contributed by atoms with van der Waals surface area (Å²) in [5.74, 6) is -1.66. The van der Waals surface area contributed by atoms with Crippen LogP contribution in [0, 0.1) is 5.82 Å². The first-order chi connectivity index (χ1) is 20.4. The van der Waals surface area contributed by atoms with Crippen LogP contribution in [-0.2, 0) is 4.79 Å². The van der Waals surface area contributed by atoms with Crippen molar-refractivity contribution in [1.29, 1.82) is 0 Å². The molecule has 9 heteroatoms. The Morgan fingerprint density at radius 1 is 1.07 bits per heavy atom. The minimum absolute atomic E-state index is 0.0342. The zero-order valence-electron chi connectivity index (χ0n) is 23.1. The largest absolute Gasteiger partial charge is 0.481 e. The first-order valence-corrected chi connectivity index (χ1v) is 15.2. The Morgan fingerprint density at radius 3 is 2.48 bits per heavy atom. The van der Waals surface area contributed by atoms with Gasteiger partial charge < -0.3 is 10.4 Å². The molecule has 0 aliphatic rings. The minimum Gasteiger partial charge on any atom is -0.481 e. The number of benzene rings is 3. The summed E-state index contributed by atoms with van der Waals surface area (Å²) in [5.41, 5.74) is 5.17. The molecule has 1 amide bonds. The van der Waals surface area contributed by atoms with Crippen LogP contribution in [-0.4, -0.2) is 33.7 Å². The third-order valence-electron chi connectivity index (χ3n) is 7.52. The molecule has 5 rings (SSSR count). The molecule has 6 nitrogen and oxygen atoms in total. The van der Waals surface area contributed by atoms with Gasteiger partial charge >= 0.3 is 5.97 Å². The van der Waals surface area contributed by atoms with Crippen molar-refractivity contribution in [1.82, 2.24) is 15.5 Å². The third-order valence-corrected chi connectivity index (χ3v) is 8.82. The number of unbranched alkanes of at least 4 members (excludes halogenated alkanes) is 1. The van der Waals surface area contributed by atoms with Crippen LogP contribution in [0.5, 0.6) is 0 Å². The minimum atomic E-state index is -0.963. The fourth-order valence-electron chi connectivity index (χ4n) is 5.48. The number of carbonyl (C=O) groups excluding carboxylic acids is 1. The Hall–Kier alpha value is -4.01. The molecule has 2 atom stereocenters. The summed E-state index contributed by atoms with van der Waals surface area (Å²) in [5, 5.41) is 22.2. The zero-order valence-corrected chi connectivity index (χ0v) is 24.6. The number of hydrogen-bond donors (Lipinski definition) is 3. The molecular formula is C33H31ClFN3O3S. The predicted octanol–water partition coefficient (Wildman–Crippen LogP) is 8.39. The van der Waals surface area contributed by atoms with Gasteiger partial charge in [-0.25, -0.2) is 4.39 Å². The Kier molecular flexibility index (Phi) is 9.35. The van der Waals surface area contributed by atoms with Crippen molar-refractivity contribution in [3.05, 3.63) is 111 Å². The van der Waals surface area contributed by atoms with Crippen LogP contribution in [0.15, 0.2) is 78.3 Å². The highest BCUT2D eigenvalue weighted by atomic mass is 35.5. The van der Waals surface area contributed by atoms with E-state index in [1.54, 1.807) is 41.8 Å². The first-order valence-electron chi connectivity index (χ1n) is 13.9. The lowest BCUT2D eigenvalue weighted by Gasteiger charge is -2.29. The Balaban J connectivity index is 1.59. The number of amides is 1. The van der Waals surface area contributed by atoms with Crippen LogP contribution in [0.1, 0.15) is 71.5 Å². The topological polar surface area (TPSA) is 95.1 Å². The number of H-pyrrole nitrogens is 1. The van der Waals surface area contributed by atoms with Gasteiger partial charge in [-0.3, -0.25) is 14.7 Å². The summed E-state index contributed by atoms with van der Waals surface area (Å²) in [7, 11) is 0. The lowest BCUT2D eigenvalue weighted by Crippen LogP contribution is -2.26. The standard InChI is InChI=1S/C33H31ClFN3O3S/c1-2-3-4-25(20-5-7-22(8-6-20)33(41)36-15-14-30(39)40)31(21-9-11-23(34)12-10-21)28-19-42-32-26(28)17-24(35)18-27(32)29-13-16-37-38-29/h5-13,16-19,25,31H,2-4,14-15H2,1H3,(H,36,41)(H,37,38)(H,39,40). The average Bonchev–Trinajstić information content (AvgIpc) is 3.66. The van der Waals surface area contributed by atoms with Crippen molar-refractivity contribution in [2.45, 2.75) is 44.4 Å². The number of carboxylic acids is 1.